The van der Waals surface area contributed by atoms with E-state index < -0.39 is 5.82 Å². The number of nitrogens with zero attached hydrogens (tertiary/aromatic N) is 3. The number of nitrogens with one attached hydrogen (secondary N) is 2. The Kier molecular flexibility index (Phi) is 7.02. The molecule has 3 heterocycles. The molecule has 9 heteroatoms. The highest BCUT2D eigenvalue weighted by atomic mass is 32.2. The first-order chi connectivity index (χ1) is 20.5. The summed E-state index contributed by atoms with van der Waals surface area (Å²) in [7, 11) is 0. The topological polar surface area (TPSA) is 100 Å². The summed E-state index contributed by atoms with van der Waals surface area (Å²) in [4.78, 5) is 12.7. The summed E-state index contributed by atoms with van der Waals surface area (Å²) >= 11 is 1.61. The molecule has 1 aromatic heterocycles. The predicted octanol–water partition coefficient (Wildman–Crippen LogP) is 6.44. The second-order valence-corrected chi connectivity index (χ2v) is 12.8. The molecular formula is C33H35FN6OS. The monoisotopic (exact) mass is 582 g/mol. The number of halogens is 1. The lowest BCUT2D eigenvalue weighted by Gasteiger charge is -2.30. The Balaban J connectivity index is 1.55. The van der Waals surface area contributed by atoms with E-state index in [1.165, 1.54) is 12.3 Å². The number of hydrogen-bond donors (Lipinski definition) is 3. The smallest absolute Gasteiger partial charge is 0.190 e. The lowest BCUT2D eigenvalue weighted by molar-refractivity contribution is 0.310. The van der Waals surface area contributed by atoms with Gasteiger partial charge in [0.15, 0.2) is 10.9 Å². The summed E-state index contributed by atoms with van der Waals surface area (Å²) in [6.07, 6.45) is 4.42. The van der Waals surface area contributed by atoms with Crippen LogP contribution in [0.25, 0.3) is 22.0 Å². The predicted molar refractivity (Wildman–Crippen MR) is 169 cm³/mol. The van der Waals surface area contributed by atoms with Gasteiger partial charge in [-0.3, -0.25) is 0 Å². The fraction of sp³-hybridized carbons (Fsp3) is 0.364. The molecule has 3 aliphatic rings. The number of rotatable bonds is 9. The van der Waals surface area contributed by atoms with Crippen molar-refractivity contribution in [3.63, 3.8) is 0 Å². The number of aromatic nitrogens is 2. The van der Waals surface area contributed by atoms with Crippen LogP contribution in [0.4, 0.5) is 15.9 Å². The SMILES string of the molecule is CCSc1nc(N2CC3CC2CN3)c2cc(C3CC3)c(-c3c(C)c(F)cc(N)c3C=N)c(OCc3ccccc3)c2n1. The number of nitrogens with two attached hydrogens (primary N) is 1. The van der Waals surface area contributed by atoms with Gasteiger partial charge in [0.05, 0.1) is 0 Å². The van der Waals surface area contributed by atoms with Crippen LogP contribution in [0.2, 0.25) is 0 Å². The number of hydrogen-bond acceptors (Lipinski definition) is 8. The number of ether oxygens (including phenoxy) is 1. The molecule has 216 valence electrons. The quantitative estimate of drug-likeness (QED) is 0.0903. The maximum atomic E-state index is 15.4. The van der Waals surface area contributed by atoms with E-state index in [1.807, 2.05) is 30.3 Å². The number of anilines is 2. The van der Waals surface area contributed by atoms with Crippen molar-refractivity contribution < 1.29 is 9.13 Å². The van der Waals surface area contributed by atoms with Gasteiger partial charge in [0.2, 0.25) is 0 Å². The zero-order chi connectivity index (χ0) is 29.0. The molecule has 3 aromatic carbocycles. The van der Waals surface area contributed by atoms with Crippen molar-refractivity contribution >= 4 is 40.4 Å². The van der Waals surface area contributed by atoms with Crippen LogP contribution >= 0.6 is 11.8 Å². The molecular weight excluding hydrogens is 547 g/mol. The molecule has 0 radical (unpaired) electrons. The molecule has 1 aliphatic carbocycles. The molecule has 2 unspecified atom stereocenters. The second-order valence-electron chi connectivity index (χ2n) is 11.5. The highest BCUT2D eigenvalue weighted by Gasteiger charge is 2.40. The third-order valence-corrected chi connectivity index (χ3v) is 9.50. The molecule has 7 rings (SSSR count). The van der Waals surface area contributed by atoms with Crippen molar-refractivity contribution in [3.05, 3.63) is 70.5 Å². The molecule has 4 aromatic rings. The van der Waals surface area contributed by atoms with Gasteiger partial charge in [-0.15, -0.1) is 0 Å². The van der Waals surface area contributed by atoms with Gasteiger partial charge in [0.25, 0.3) is 0 Å². The molecule has 2 bridgehead atoms. The van der Waals surface area contributed by atoms with Crippen LogP contribution in [0.1, 0.15) is 54.4 Å². The molecule has 0 spiro atoms. The van der Waals surface area contributed by atoms with E-state index in [2.05, 4.69) is 23.2 Å². The molecule has 2 aliphatic heterocycles. The van der Waals surface area contributed by atoms with Crippen LogP contribution in [0.15, 0.2) is 47.6 Å². The highest BCUT2D eigenvalue weighted by molar-refractivity contribution is 7.99. The first kappa shape index (κ1) is 27.2. The highest BCUT2D eigenvalue weighted by Crippen LogP contribution is 2.53. The Labute approximate surface area is 249 Å². The van der Waals surface area contributed by atoms with E-state index in [4.69, 9.17) is 25.8 Å². The van der Waals surface area contributed by atoms with Crippen LogP contribution in [0, 0.1) is 18.2 Å². The largest absolute Gasteiger partial charge is 0.486 e. The normalized spacial score (nSPS) is 19.5. The van der Waals surface area contributed by atoms with Gasteiger partial charge in [-0.1, -0.05) is 49.0 Å². The Morgan fingerprint density at radius 3 is 2.67 bits per heavy atom. The number of benzene rings is 3. The Morgan fingerprint density at radius 2 is 2.00 bits per heavy atom. The van der Waals surface area contributed by atoms with Gasteiger partial charge < -0.3 is 26.1 Å². The molecule has 2 saturated heterocycles. The Bertz CT molecular complexity index is 1690. The lowest BCUT2D eigenvalue weighted by Crippen LogP contribution is -2.44. The molecule has 0 amide bonds. The summed E-state index contributed by atoms with van der Waals surface area (Å²) in [5, 5.41) is 13.6. The van der Waals surface area contributed by atoms with E-state index in [9.17, 15) is 0 Å². The fourth-order valence-corrected chi connectivity index (χ4v) is 7.13. The molecule has 42 heavy (non-hydrogen) atoms. The van der Waals surface area contributed by atoms with Crippen molar-refractivity contribution in [2.24, 2.45) is 0 Å². The van der Waals surface area contributed by atoms with Crippen LogP contribution in [0.3, 0.4) is 0 Å². The van der Waals surface area contributed by atoms with Crippen LogP contribution in [-0.4, -0.2) is 47.1 Å². The first-order valence-corrected chi connectivity index (χ1v) is 15.7. The van der Waals surface area contributed by atoms with Gasteiger partial charge in [0.1, 0.15) is 23.8 Å². The standard InChI is InChI=1S/C33H35FN6OS/c1-3-42-33-38-30-24(32(39-33)40-16-21-11-22(40)15-37-21)12-23(20-9-10-20)29(31(30)41-17-19-7-5-4-6-8-19)28-18(2)26(34)13-27(36)25(28)14-35/h4-8,12-14,20-22,35,37H,3,9-11,15-17,36H2,1-2H3. The van der Waals surface area contributed by atoms with Crippen LogP contribution in [0.5, 0.6) is 5.75 Å². The fourth-order valence-electron chi connectivity index (χ4n) is 6.56. The zero-order valence-electron chi connectivity index (χ0n) is 23.9. The van der Waals surface area contributed by atoms with Gasteiger partial charge >= 0.3 is 0 Å². The minimum Gasteiger partial charge on any atom is -0.486 e. The van der Waals surface area contributed by atoms with Crippen molar-refractivity contribution in [2.45, 2.75) is 62.9 Å². The van der Waals surface area contributed by atoms with Gasteiger partial charge in [0, 0.05) is 59.2 Å². The van der Waals surface area contributed by atoms with E-state index in [-0.39, 0.29) is 5.69 Å². The van der Waals surface area contributed by atoms with Gasteiger partial charge in [-0.05, 0) is 66.7 Å². The van der Waals surface area contributed by atoms with Crippen molar-refractivity contribution in [3.8, 4) is 16.9 Å². The number of nitrogen functional groups attached to an aromatic ring is 1. The van der Waals surface area contributed by atoms with Crippen molar-refractivity contribution in [1.29, 1.82) is 5.41 Å². The summed E-state index contributed by atoms with van der Waals surface area (Å²) in [5.74, 6) is 2.31. The van der Waals surface area contributed by atoms with Crippen LogP contribution in [-0.2, 0) is 6.61 Å². The third kappa shape index (κ3) is 4.68. The number of piperazine rings is 1. The lowest BCUT2D eigenvalue weighted by atomic mass is 9.87. The zero-order valence-corrected chi connectivity index (χ0v) is 24.7. The minimum absolute atomic E-state index is 0.241. The first-order valence-electron chi connectivity index (χ1n) is 14.7. The average Bonchev–Trinajstić information content (AvgIpc) is 3.62. The second kappa shape index (κ2) is 10.9. The van der Waals surface area contributed by atoms with Crippen LogP contribution < -0.4 is 20.7 Å². The van der Waals surface area contributed by atoms with Crippen molar-refractivity contribution in [1.82, 2.24) is 15.3 Å². The van der Waals surface area contributed by atoms with E-state index in [0.29, 0.717) is 52.2 Å². The molecule has 2 atom stereocenters. The molecule has 4 N–H and O–H groups in total. The summed E-state index contributed by atoms with van der Waals surface area (Å²) in [6.45, 7) is 6.04. The van der Waals surface area contributed by atoms with E-state index in [0.717, 1.165) is 71.5 Å². The molecule has 7 nitrogen and oxygen atoms in total. The number of thioether (sulfide) groups is 1. The van der Waals surface area contributed by atoms with E-state index >= 15 is 4.39 Å². The summed E-state index contributed by atoms with van der Waals surface area (Å²) < 4.78 is 22.2. The maximum Gasteiger partial charge on any atom is 0.190 e. The average molecular weight is 583 g/mol. The van der Waals surface area contributed by atoms with Gasteiger partial charge in [-0.2, -0.15) is 0 Å². The van der Waals surface area contributed by atoms with Gasteiger partial charge in [-0.25, -0.2) is 14.4 Å². The number of fused-ring (bicyclic) bond motifs is 3. The Morgan fingerprint density at radius 1 is 1.19 bits per heavy atom. The minimum atomic E-state index is -0.393. The summed E-state index contributed by atoms with van der Waals surface area (Å²) in [5.41, 5.74) is 11.8. The molecule has 1 saturated carbocycles. The van der Waals surface area contributed by atoms with Crippen molar-refractivity contribution in [2.75, 3.05) is 29.5 Å². The molecule has 3 fully saturated rings. The third-order valence-electron chi connectivity index (χ3n) is 8.77. The maximum absolute atomic E-state index is 15.4. The van der Waals surface area contributed by atoms with E-state index in [1.54, 1.807) is 18.7 Å². The Hall–Kier alpha value is -3.69. The summed E-state index contributed by atoms with van der Waals surface area (Å²) in [6, 6.07) is 14.4.